The van der Waals surface area contributed by atoms with Crippen molar-refractivity contribution in [1.82, 2.24) is 0 Å². The summed E-state index contributed by atoms with van der Waals surface area (Å²) in [4.78, 5) is 27.2. The number of carbonyl (C=O) groups is 2. The second-order valence-corrected chi connectivity index (χ2v) is 11.8. The fourth-order valence-corrected chi connectivity index (χ4v) is 5.47. The molecule has 0 bridgehead atoms. The number of nitrogens with zero attached hydrogens (tertiary/aromatic N) is 1. The lowest BCUT2D eigenvalue weighted by Gasteiger charge is -2.31. The zero-order valence-corrected chi connectivity index (χ0v) is 24.2. The van der Waals surface area contributed by atoms with Crippen LogP contribution in [0.25, 0.3) is 11.1 Å². The molecule has 4 rings (SSSR count). The standard InChI is InChI=1S/C31H35Cl2N3O3/c1-18(2)16-36(17-19(3)4)29-12-9-20(24-15-25(24)30(37)38)13-28(29)35-31(39)34-27-8-6-5-7-23(27)22-11-10-21(32)14-26(22)33/h5-14,18-19,24-25H,15-17H2,1-4H3,(H,37,38)(H2,34,35,39)/t24-,25-/m1/s1. The van der Waals surface area contributed by atoms with E-state index in [1.165, 1.54) is 0 Å². The number of carbonyl (C=O) groups excluding carboxylic acids is 1. The summed E-state index contributed by atoms with van der Waals surface area (Å²) in [5, 5.41) is 16.5. The van der Waals surface area contributed by atoms with E-state index < -0.39 is 12.0 Å². The van der Waals surface area contributed by atoms with Crippen LogP contribution in [0.1, 0.15) is 45.6 Å². The van der Waals surface area contributed by atoms with Crippen LogP contribution in [0.15, 0.2) is 60.7 Å². The lowest BCUT2D eigenvalue weighted by molar-refractivity contribution is -0.138. The highest BCUT2D eigenvalue weighted by atomic mass is 35.5. The molecule has 0 saturated heterocycles. The van der Waals surface area contributed by atoms with Crippen molar-refractivity contribution >= 4 is 52.3 Å². The Balaban J connectivity index is 1.65. The first-order valence-corrected chi connectivity index (χ1v) is 14.0. The summed E-state index contributed by atoms with van der Waals surface area (Å²) >= 11 is 12.6. The van der Waals surface area contributed by atoms with Crippen molar-refractivity contribution in [3.05, 3.63) is 76.3 Å². The molecule has 0 aromatic heterocycles. The van der Waals surface area contributed by atoms with Crippen molar-refractivity contribution in [1.29, 1.82) is 0 Å². The number of rotatable bonds is 10. The van der Waals surface area contributed by atoms with Gasteiger partial charge in [0.15, 0.2) is 0 Å². The molecule has 0 unspecified atom stereocenters. The third kappa shape index (κ3) is 7.25. The largest absolute Gasteiger partial charge is 0.481 e. The molecule has 8 heteroatoms. The van der Waals surface area contributed by atoms with Gasteiger partial charge in [-0.1, -0.05) is 81.2 Å². The van der Waals surface area contributed by atoms with Crippen LogP contribution in [0.3, 0.4) is 0 Å². The maximum atomic E-state index is 13.4. The first kappa shape index (κ1) is 28.8. The third-order valence-corrected chi connectivity index (χ3v) is 7.26. The fourth-order valence-electron chi connectivity index (χ4n) is 4.96. The number of nitrogens with one attached hydrogen (secondary N) is 2. The van der Waals surface area contributed by atoms with Crippen LogP contribution in [0.5, 0.6) is 0 Å². The average molecular weight is 569 g/mol. The summed E-state index contributed by atoms with van der Waals surface area (Å²) in [6.07, 6.45) is 0.608. The molecular formula is C31H35Cl2N3O3. The van der Waals surface area contributed by atoms with Crippen molar-refractivity contribution in [2.24, 2.45) is 17.8 Å². The third-order valence-electron chi connectivity index (χ3n) is 6.71. The van der Waals surface area contributed by atoms with Gasteiger partial charge in [0.25, 0.3) is 0 Å². The first-order valence-electron chi connectivity index (χ1n) is 13.3. The Hall–Kier alpha value is -3.22. The molecular weight excluding hydrogens is 533 g/mol. The summed E-state index contributed by atoms with van der Waals surface area (Å²) in [5.41, 5.74) is 4.62. The van der Waals surface area contributed by atoms with Crippen LogP contribution in [0, 0.1) is 17.8 Å². The molecule has 1 saturated carbocycles. The Labute approximate surface area is 240 Å². The Morgan fingerprint density at radius 1 is 0.897 bits per heavy atom. The van der Waals surface area contributed by atoms with Gasteiger partial charge in [0.2, 0.25) is 0 Å². The predicted octanol–water partition coefficient (Wildman–Crippen LogP) is 8.61. The monoisotopic (exact) mass is 567 g/mol. The fraction of sp³-hybridized carbons (Fsp3) is 0.355. The Kier molecular flexibility index (Phi) is 9.08. The Morgan fingerprint density at radius 2 is 1.56 bits per heavy atom. The molecule has 0 spiro atoms. The van der Waals surface area contributed by atoms with Gasteiger partial charge in [-0.15, -0.1) is 0 Å². The number of carboxylic acids is 1. The smallest absolute Gasteiger partial charge is 0.323 e. The highest BCUT2D eigenvalue weighted by molar-refractivity contribution is 6.36. The van der Waals surface area contributed by atoms with Crippen LogP contribution in [0.2, 0.25) is 10.0 Å². The molecule has 1 aliphatic carbocycles. The molecule has 0 aliphatic heterocycles. The van der Waals surface area contributed by atoms with Crippen molar-refractivity contribution in [3.63, 3.8) is 0 Å². The first-order chi connectivity index (χ1) is 18.5. The van der Waals surface area contributed by atoms with Crippen LogP contribution in [-0.2, 0) is 4.79 Å². The van der Waals surface area contributed by atoms with E-state index in [2.05, 4.69) is 43.2 Å². The van der Waals surface area contributed by atoms with Gasteiger partial charge in [-0.3, -0.25) is 4.79 Å². The quantitative estimate of drug-likeness (QED) is 0.229. The Bertz CT molecular complexity index is 1350. The van der Waals surface area contributed by atoms with Crippen molar-refractivity contribution in [3.8, 4) is 11.1 Å². The summed E-state index contributed by atoms with van der Waals surface area (Å²) in [7, 11) is 0. The lowest BCUT2D eigenvalue weighted by atomic mass is 10.0. The van der Waals surface area contributed by atoms with Crippen LogP contribution < -0.4 is 15.5 Å². The number of hydrogen-bond acceptors (Lipinski definition) is 3. The van der Waals surface area contributed by atoms with Gasteiger partial charge in [-0.25, -0.2) is 4.79 Å². The molecule has 2 atom stereocenters. The number of carboxylic acid groups (broad SMARTS) is 1. The van der Waals surface area contributed by atoms with E-state index in [0.717, 1.165) is 35.5 Å². The maximum absolute atomic E-state index is 13.4. The molecule has 3 aromatic rings. The minimum Gasteiger partial charge on any atom is -0.481 e. The molecule has 3 aromatic carbocycles. The molecule has 1 aliphatic rings. The maximum Gasteiger partial charge on any atom is 0.323 e. The van der Waals surface area contributed by atoms with Gasteiger partial charge in [0.05, 0.1) is 23.0 Å². The summed E-state index contributed by atoms with van der Waals surface area (Å²) < 4.78 is 0. The number of urea groups is 1. The van der Waals surface area contributed by atoms with Crippen LogP contribution >= 0.6 is 23.2 Å². The molecule has 3 N–H and O–H groups in total. The highest BCUT2D eigenvalue weighted by Gasteiger charge is 2.44. The van der Waals surface area contributed by atoms with E-state index in [1.54, 1.807) is 12.1 Å². The molecule has 1 fully saturated rings. The minimum absolute atomic E-state index is 0.0448. The van der Waals surface area contributed by atoms with E-state index in [9.17, 15) is 14.7 Å². The number of amides is 2. The number of benzene rings is 3. The summed E-state index contributed by atoms with van der Waals surface area (Å²) in [5.74, 6) is -0.371. The van der Waals surface area contributed by atoms with Gasteiger partial charge < -0.3 is 20.6 Å². The van der Waals surface area contributed by atoms with E-state index in [4.69, 9.17) is 23.2 Å². The zero-order valence-electron chi connectivity index (χ0n) is 22.7. The van der Waals surface area contributed by atoms with E-state index in [0.29, 0.717) is 39.7 Å². The van der Waals surface area contributed by atoms with Gasteiger partial charge >= 0.3 is 12.0 Å². The SMILES string of the molecule is CC(C)CN(CC(C)C)c1ccc([C@H]2C[C@H]2C(=O)O)cc1NC(=O)Nc1ccccc1-c1ccc(Cl)cc1Cl. The normalized spacial score (nSPS) is 16.3. The summed E-state index contributed by atoms with van der Waals surface area (Å²) in [6.45, 7) is 10.3. The second kappa shape index (κ2) is 12.3. The van der Waals surface area contributed by atoms with E-state index in [-0.39, 0.29) is 11.8 Å². The molecule has 0 heterocycles. The van der Waals surface area contributed by atoms with Crippen molar-refractivity contribution in [2.45, 2.75) is 40.0 Å². The lowest BCUT2D eigenvalue weighted by Crippen LogP contribution is -2.32. The highest BCUT2D eigenvalue weighted by Crippen LogP contribution is 2.49. The molecule has 6 nitrogen and oxygen atoms in total. The average Bonchev–Trinajstić information content (AvgIpc) is 3.65. The van der Waals surface area contributed by atoms with Crippen molar-refractivity contribution in [2.75, 3.05) is 28.6 Å². The number of halogens is 2. The molecule has 206 valence electrons. The summed E-state index contributed by atoms with van der Waals surface area (Å²) in [6, 6.07) is 18.2. The molecule has 39 heavy (non-hydrogen) atoms. The molecule has 2 amide bonds. The van der Waals surface area contributed by atoms with E-state index >= 15 is 0 Å². The van der Waals surface area contributed by atoms with Gasteiger partial charge in [-0.2, -0.15) is 0 Å². The zero-order chi connectivity index (χ0) is 28.3. The van der Waals surface area contributed by atoms with Gasteiger partial charge in [0.1, 0.15) is 0 Å². The number of hydrogen-bond donors (Lipinski definition) is 3. The topological polar surface area (TPSA) is 81.7 Å². The van der Waals surface area contributed by atoms with Crippen LogP contribution in [-0.4, -0.2) is 30.2 Å². The number of anilines is 3. The predicted molar refractivity (Wildman–Crippen MR) is 161 cm³/mol. The van der Waals surface area contributed by atoms with E-state index in [1.807, 2.05) is 48.5 Å². The van der Waals surface area contributed by atoms with Crippen molar-refractivity contribution < 1.29 is 14.7 Å². The number of aliphatic carboxylic acids is 1. The second-order valence-electron chi connectivity index (χ2n) is 11.0. The van der Waals surface area contributed by atoms with Gasteiger partial charge in [0, 0.05) is 34.3 Å². The molecule has 0 radical (unpaired) electrons. The minimum atomic E-state index is -0.782. The number of para-hydroxylation sites is 1. The van der Waals surface area contributed by atoms with Crippen LogP contribution in [0.4, 0.5) is 21.9 Å². The Morgan fingerprint density at radius 3 is 2.18 bits per heavy atom. The van der Waals surface area contributed by atoms with Gasteiger partial charge in [-0.05, 0) is 60.1 Å².